The van der Waals surface area contributed by atoms with Gasteiger partial charge in [0.2, 0.25) is 0 Å². The van der Waals surface area contributed by atoms with Crippen molar-refractivity contribution in [1.82, 2.24) is 0 Å². The Morgan fingerprint density at radius 3 is 2.93 bits per heavy atom. The fourth-order valence-electron chi connectivity index (χ4n) is 1.41. The number of carbonyl (C=O) groups is 1. The zero-order valence-corrected chi connectivity index (χ0v) is 7.78. The second kappa shape index (κ2) is 3.14. The number of ether oxygens (including phenoxy) is 1. The van der Waals surface area contributed by atoms with Gasteiger partial charge in [0, 0.05) is 5.56 Å². The summed E-state index contributed by atoms with van der Waals surface area (Å²) in [6.45, 7) is 2.46. The molecule has 0 aliphatic carbocycles. The first-order chi connectivity index (χ1) is 6.72. The van der Waals surface area contributed by atoms with Crippen molar-refractivity contribution in [3.05, 3.63) is 29.3 Å². The molecule has 0 saturated carbocycles. The number of aliphatic imine (C=N–C) groups is 1. The number of amides is 1. The molecule has 1 aromatic rings. The molecule has 4 nitrogen and oxygen atoms in total. The molecule has 1 aliphatic rings. The van der Waals surface area contributed by atoms with Gasteiger partial charge in [0.05, 0.1) is 12.2 Å². The van der Waals surface area contributed by atoms with Crippen LogP contribution in [0, 0.1) is 0 Å². The van der Waals surface area contributed by atoms with E-state index in [2.05, 4.69) is 4.99 Å². The van der Waals surface area contributed by atoms with E-state index in [0.29, 0.717) is 23.5 Å². The Kier molecular flexibility index (Phi) is 1.96. The largest absolute Gasteiger partial charge is 0.494 e. The Labute approximate surface area is 81.4 Å². The highest BCUT2D eigenvalue weighted by molar-refractivity contribution is 6.20. The summed E-state index contributed by atoms with van der Waals surface area (Å²) in [4.78, 5) is 15.0. The third kappa shape index (κ3) is 1.25. The summed E-state index contributed by atoms with van der Waals surface area (Å²) in [7, 11) is 0. The first kappa shape index (κ1) is 8.74. The normalized spacial score (nSPS) is 13.8. The highest BCUT2D eigenvalue weighted by Gasteiger charge is 2.21. The van der Waals surface area contributed by atoms with Gasteiger partial charge < -0.3 is 10.5 Å². The number of rotatable bonds is 2. The lowest BCUT2D eigenvalue weighted by Gasteiger charge is -2.04. The summed E-state index contributed by atoms with van der Waals surface area (Å²) in [6.07, 6.45) is 0. The summed E-state index contributed by atoms with van der Waals surface area (Å²) in [6, 6.07) is 5.21. The van der Waals surface area contributed by atoms with Gasteiger partial charge in [0.25, 0.3) is 5.91 Å². The third-order valence-electron chi connectivity index (χ3n) is 2.03. The van der Waals surface area contributed by atoms with Gasteiger partial charge in [0.1, 0.15) is 11.6 Å². The van der Waals surface area contributed by atoms with Gasteiger partial charge in [-0.1, -0.05) is 0 Å². The molecule has 0 bridgehead atoms. The van der Waals surface area contributed by atoms with E-state index >= 15 is 0 Å². The van der Waals surface area contributed by atoms with E-state index in [1.54, 1.807) is 18.2 Å². The van der Waals surface area contributed by atoms with Crippen LogP contribution in [0.15, 0.2) is 23.2 Å². The average molecular weight is 190 g/mol. The number of hydrogen-bond donors (Lipinski definition) is 1. The van der Waals surface area contributed by atoms with Crippen LogP contribution in [0.25, 0.3) is 0 Å². The highest BCUT2D eigenvalue weighted by Crippen LogP contribution is 2.22. The number of carbonyl (C=O) groups excluding carboxylic acids is 1. The number of hydrogen-bond acceptors (Lipinski definition) is 3. The van der Waals surface area contributed by atoms with Crippen LogP contribution >= 0.6 is 0 Å². The van der Waals surface area contributed by atoms with Crippen molar-refractivity contribution in [3.63, 3.8) is 0 Å². The highest BCUT2D eigenvalue weighted by atomic mass is 16.5. The molecule has 0 atom stereocenters. The van der Waals surface area contributed by atoms with E-state index in [4.69, 9.17) is 10.5 Å². The minimum atomic E-state index is -0.293. The first-order valence-corrected chi connectivity index (χ1v) is 4.38. The maximum absolute atomic E-state index is 11.3. The fraction of sp³-hybridized carbons (Fsp3) is 0.200. The van der Waals surface area contributed by atoms with Crippen molar-refractivity contribution in [2.75, 3.05) is 6.61 Å². The average Bonchev–Trinajstić information content (AvgIpc) is 2.43. The van der Waals surface area contributed by atoms with Gasteiger partial charge in [-0.25, -0.2) is 0 Å². The van der Waals surface area contributed by atoms with E-state index in [1.165, 1.54) is 0 Å². The number of fused-ring (bicyclic) bond motifs is 1. The molecular formula is C10H10N2O2. The predicted molar refractivity (Wildman–Crippen MR) is 52.7 cm³/mol. The molecule has 0 spiro atoms. The zero-order chi connectivity index (χ0) is 10.1. The van der Waals surface area contributed by atoms with Gasteiger partial charge in [-0.2, -0.15) is 4.99 Å². The Hall–Kier alpha value is -1.84. The number of amidine groups is 1. The van der Waals surface area contributed by atoms with Crippen LogP contribution < -0.4 is 10.5 Å². The van der Waals surface area contributed by atoms with E-state index in [9.17, 15) is 4.79 Å². The summed E-state index contributed by atoms with van der Waals surface area (Å²) in [5.74, 6) is 0.664. The Morgan fingerprint density at radius 2 is 2.21 bits per heavy atom. The Bertz CT molecular complexity index is 424. The van der Waals surface area contributed by atoms with Gasteiger partial charge in [0.15, 0.2) is 0 Å². The second-order valence-electron chi connectivity index (χ2n) is 2.94. The topological polar surface area (TPSA) is 64.7 Å². The molecular weight excluding hydrogens is 180 g/mol. The van der Waals surface area contributed by atoms with Crippen LogP contribution in [0.5, 0.6) is 5.75 Å². The van der Waals surface area contributed by atoms with Crippen LogP contribution in [-0.2, 0) is 0 Å². The van der Waals surface area contributed by atoms with E-state index in [1.807, 2.05) is 6.92 Å². The molecule has 0 fully saturated rings. The van der Waals surface area contributed by atoms with Crippen molar-refractivity contribution in [2.24, 2.45) is 10.7 Å². The van der Waals surface area contributed by atoms with Crippen LogP contribution in [0.4, 0.5) is 0 Å². The van der Waals surface area contributed by atoms with Gasteiger partial charge in [-0.15, -0.1) is 0 Å². The lowest BCUT2D eigenvalue weighted by molar-refractivity contribution is 0.101. The molecule has 2 N–H and O–H groups in total. The van der Waals surface area contributed by atoms with Gasteiger partial charge in [-0.05, 0) is 25.1 Å². The molecule has 14 heavy (non-hydrogen) atoms. The summed E-state index contributed by atoms with van der Waals surface area (Å²) in [5, 5.41) is 0. The molecule has 1 aromatic carbocycles. The second-order valence-corrected chi connectivity index (χ2v) is 2.94. The number of benzene rings is 1. The molecule has 1 amide bonds. The molecule has 0 unspecified atom stereocenters. The number of nitrogens with zero attached hydrogens (tertiary/aromatic N) is 1. The predicted octanol–water partition coefficient (Wildman–Crippen LogP) is 0.944. The maximum atomic E-state index is 11.3. The van der Waals surface area contributed by atoms with Crippen LogP contribution in [0.3, 0.4) is 0 Å². The molecule has 4 heteroatoms. The van der Waals surface area contributed by atoms with Crippen molar-refractivity contribution in [3.8, 4) is 5.75 Å². The number of nitrogens with two attached hydrogens (primary N) is 1. The Morgan fingerprint density at radius 1 is 1.43 bits per heavy atom. The maximum Gasteiger partial charge on any atom is 0.279 e. The third-order valence-corrected chi connectivity index (χ3v) is 2.03. The van der Waals surface area contributed by atoms with E-state index in [-0.39, 0.29) is 11.7 Å². The SMILES string of the molecule is CCOc1ccc2c(c1)C(=O)N=C2N. The van der Waals surface area contributed by atoms with Gasteiger partial charge in [-0.3, -0.25) is 4.79 Å². The smallest absolute Gasteiger partial charge is 0.279 e. The van der Waals surface area contributed by atoms with Crippen LogP contribution in [0.2, 0.25) is 0 Å². The molecule has 0 radical (unpaired) electrons. The summed E-state index contributed by atoms with van der Waals surface area (Å²) >= 11 is 0. The standard InChI is InChI=1S/C10H10N2O2/c1-2-14-6-3-4-7-8(5-6)10(13)12-9(7)11/h3-5H,2H2,1H3,(H2,11,12,13). The Balaban J connectivity index is 2.44. The van der Waals surface area contributed by atoms with E-state index in [0.717, 1.165) is 0 Å². The lowest BCUT2D eigenvalue weighted by atomic mass is 10.1. The first-order valence-electron chi connectivity index (χ1n) is 4.38. The monoisotopic (exact) mass is 190 g/mol. The van der Waals surface area contributed by atoms with Crippen molar-refractivity contribution >= 4 is 11.7 Å². The van der Waals surface area contributed by atoms with Crippen LogP contribution in [-0.4, -0.2) is 18.3 Å². The molecule has 1 heterocycles. The molecule has 1 aliphatic heterocycles. The van der Waals surface area contributed by atoms with Crippen LogP contribution in [0.1, 0.15) is 22.8 Å². The van der Waals surface area contributed by atoms with Gasteiger partial charge >= 0.3 is 0 Å². The fourth-order valence-corrected chi connectivity index (χ4v) is 1.41. The summed E-state index contributed by atoms with van der Waals surface area (Å²) < 4.78 is 5.27. The minimum absolute atomic E-state index is 0.285. The van der Waals surface area contributed by atoms with Crippen molar-refractivity contribution in [2.45, 2.75) is 6.92 Å². The van der Waals surface area contributed by atoms with E-state index < -0.39 is 0 Å². The summed E-state index contributed by atoms with van der Waals surface area (Å²) in [5.41, 5.74) is 6.76. The van der Waals surface area contributed by atoms with Crippen molar-refractivity contribution in [1.29, 1.82) is 0 Å². The quantitative estimate of drug-likeness (QED) is 0.754. The lowest BCUT2D eigenvalue weighted by Crippen LogP contribution is -2.10. The molecule has 0 aromatic heterocycles. The molecule has 72 valence electrons. The van der Waals surface area contributed by atoms with Crippen molar-refractivity contribution < 1.29 is 9.53 Å². The zero-order valence-electron chi connectivity index (χ0n) is 7.78. The molecule has 0 saturated heterocycles. The minimum Gasteiger partial charge on any atom is -0.494 e. The molecule has 2 rings (SSSR count).